The molecule has 0 radical (unpaired) electrons. The van der Waals surface area contributed by atoms with Crippen LogP contribution in [-0.2, 0) is 19.1 Å². The van der Waals surface area contributed by atoms with Crippen LogP contribution in [0.15, 0.2) is 54.6 Å². The van der Waals surface area contributed by atoms with E-state index in [9.17, 15) is 14.4 Å². The molecular weight excluding hydrogens is 360 g/mol. The first-order valence-electron chi connectivity index (χ1n) is 9.02. The minimum atomic E-state index is -0.492. The van der Waals surface area contributed by atoms with E-state index in [2.05, 4.69) is 5.32 Å². The first kappa shape index (κ1) is 19.4. The highest BCUT2D eigenvalue weighted by Crippen LogP contribution is 2.31. The number of carbonyl (C=O) groups excluding carboxylic acids is 3. The molecule has 0 saturated heterocycles. The number of esters is 1. The summed E-state index contributed by atoms with van der Waals surface area (Å²) in [5.74, 6) is -0.239. The molecule has 0 aromatic heterocycles. The highest BCUT2D eigenvalue weighted by molar-refractivity contribution is 5.98. The molecule has 0 unspecified atom stereocenters. The third kappa shape index (κ3) is 4.68. The number of hydrogen-bond donors (Lipinski definition) is 1. The second kappa shape index (κ2) is 9.03. The second-order valence-corrected chi connectivity index (χ2v) is 6.36. The molecule has 7 heteroatoms. The van der Waals surface area contributed by atoms with Gasteiger partial charge in [-0.05, 0) is 17.7 Å². The van der Waals surface area contributed by atoms with Crippen LogP contribution in [0.2, 0.25) is 0 Å². The van der Waals surface area contributed by atoms with Crippen LogP contribution < -0.4 is 15.0 Å². The summed E-state index contributed by atoms with van der Waals surface area (Å²) < 4.78 is 10.1. The normalized spacial score (nSPS) is 13.9. The predicted molar refractivity (Wildman–Crippen MR) is 103 cm³/mol. The number of ether oxygens (including phenoxy) is 2. The molecule has 146 valence electrons. The molecule has 0 fully saturated rings. The molecule has 0 bridgehead atoms. The van der Waals surface area contributed by atoms with Gasteiger partial charge in [-0.25, -0.2) is 0 Å². The topological polar surface area (TPSA) is 84.9 Å². The molecule has 1 aliphatic heterocycles. The number of carbonyl (C=O) groups is 3. The molecule has 28 heavy (non-hydrogen) atoms. The van der Waals surface area contributed by atoms with Gasteiger partial charge in [0.15, 0.2) is 6.61 Å². The maximum absolute atomic E-state index is 12.5. The number of fused-ring (bicyclic) bond motifs is 1. The van der Waals surface area contributed by atoms with Crippen molar-refractivity contribution in [1.82, 2.24) is 5.32 Å². The van der Waals surface area contributed by atoms with Crippen LogP contribution in [0.25, 0.3) is 0 Å². The summed E-state index contributed by atoms with van der Waals surface area (Å²) >= 11 is 0. The molecule has 1 aliphatic rings. The van der Waals surface area contributed by atoms with Crippen LogP contribution in [0, 0.1) is 0 Å². The fourth-order valence-corrected chi connectivity index (χ4v) is 3.07. The number of hydrogen-bond acceptors (Lipinski definition) is 5. The van der Waals surface area contributed by atoms with E-state index in [1.54, 1.807) is 17.0 Å². The minimum Gasteiger partial charge on any atom is -0.482 e. The summed E-state index contributed by atoms with van der Waals surface area (Å²) in [6, 6.07) is 16.0. The third-order valence-electron chi connectivity index (χ3n) is 4.51. The molecule has 0 aliphatic carbocycles. The van der Waals surface area contributed by atoms with Crippen molar-refractivity contribution in [3.63, 3.8) is 0 Å². The highest BCUT2D eigenvalue weighted by atomic mass is 16.5. The Kier molecular flexibility index (Phi) is 6.26. The Morgan fingerprint density at radius 2 is 1.86 bits per heavy atom. The molecule has 2 aromatic rings. The van der Waals surface area contributed by atoms with Crippen molar-refractivity contribution in [2.24, 2.45) is 0 Å². The Morgan fingerprint density at radius 1 is 1.14 bits per heavy atom. The zero-order chi connectivity index (χ0) is 19.9. The lowest BCUT2D eigenvalue weighted by molar-refractivity contribution is -0.141. The van der Waals surface area contributed by atoms with Gasteiger partial charge < -0.3 is 19.7 Å². The van der Waals surface area contributed by atoms with Gasteiger partial charge in [0.25, 0.3) is 5.91 Å². The average Bonchev–Trinajstić information content (AvgIpc) is 2.73. The highest BCUT2D eigenvalue weighted by Gasteiger charge is 2.26. The molecule has 7 nitrogen and oxygen atoms in total. The first-order valence-corrected chi connectivity index (χ1v) is 9.02. The summed E-state index contributed by atoms with van der Waals surface area (Å²) in [4.78, 5) is 38.0. The number of amides is 2. The molecule has 1 atom stereocenters. The van der Waals surface area contributed by atoms with Crippen LogP contribution in [0.1, 0.15) is 24.4 Å². The largest absolute Gasteiger partial charge is 0.482 e. The molecule has 2 aromatic carbocycles. The standard InChI is InChI=1S/C21H22N2O5/c1-27-21(26)13-16(15-7-3-2-4-8-15)22-19(24)11-12-23-17-9-5-6-10-18(17)28-14-20(23)25/h2-10,16H,11-14H2,1H3,(H,22,24)/t16-/m1/s1. The molecule has 3 rings (SSSR count). The Hall–Kier alpha value is -3.35. The number of para-hydroxylation sites is 2. The van der Waals surface area contributed by atoms with Crippen LogP contribution in [0.5, 0.6) is 5.75 Å². The van der Waals surface area contributed by atoms with Crippen LogP contribution in [-0.4, -0.2) is 38.0 Å². The van der Waals surface area contributed by atoms with E-state index >= 15 is 0 Å². The number of methoxy groups -OCH3 is 1. The van der Waals surface area contributed by atoms with Crippen molar-refractivity contribution in [2.75, 3.05) is 25.2 Å². The van der Waals surface area contributed by atoms with Crippen LogP contribution >= 0.6 is 0 Å². The first-order chi connectivity index (χ1) is 13.6. The summed E-state index contributed by atoms with van der Waals surface area (Å²) in [6.07, 6.45) is 0.135. The van der Waals surface area contributed by atoms with E-state index in [0.29, 0.717) is 11.4 Å². The lowest BCUT2D eigenvalue weighted by atomic mass is 10.0. The average molecular weight is 382 g/mol. The zero-order valence-electron chi connectivity index (χ0n) is 15.6. The van der Waals surface area contributed by atoms with Crippen LogP contribution in [0.3, 0.4) is 0 Å². The van der Waals surface area contributed by atoms with Gasteiger partial charge in [0.1, 0.15) is 5.75 Å². The summed E-state index contributed by atoms with van der Waals surface area (Å²) in [5, 5.41) is 2.87. The van der Waals surface area contributed by atoms with Gasteiger partial charge in [-0.1, -0.05) is 42.5 Å². The van der Waals surface area contributed by atoms with Gasteiger partial charge in [0.05, 0.1) is 25.3 Å². The van der Waals surface area contributed by atoms with Gasteiger partial charge in [0, 0.05) is 13.0 Å². The van der Waals surface area contributed by atoms with E-state index in [4.69, 9.17) is 9.47 Å². The van der Waals surface area contributed by atoms with Crippen molar-refractivity contribution in [2.45, 2.75) is 18.9 Å². The Morgan fingerprint density at radius 3 is 2.61 bits per heavy atom. The second-order valence-electron chi connectivity index (χ2n) is 6.36. The van der Waals surface area contributed by atoms with Crippen molar-refractivity contribution >= 4 is 23.5 Å². The van der Waals surface area contributed by atoms with Crippen molar-refractivity contribution in [3.05, 3.63) is 60.2 Å². The summed E-state index contributed by atoms with van der Waals surface area (Å²) in [6.45, 7) is 0.179. The van der Waals surface area contributed by atoms with Gasteiger partial charge in [0.2, 0.25) is 5.91 Å². The quantitative estimate of drug-likeness (QED) is 0.743. The molecule has 0 saturated carbocycles. The monoisotopic (exact) mass is 382 g/mol. The molecule has 0 spiro atoms. The van der Waals surface area contributed by atoms with E-state index in [-0.39, 0.29) is 37.8 Å². The van der Waals surface area contributed by atoms with Gasteiger partial charge in [-0.15, -0.1) is 0 Å². The SMILES string of the molecule is COC(=O)C[C@@H](NC(=O)CCN1C(=O)COc2ccccc21)c1ccccc1. The number of nitrogens with one attached hydrogen (secondary N) is 1. The van der Waals surface area contributed by atoms with E-state index < -0.39 is 12.0 Å². The van der Waals surface area contributed by atoms with Crippen molar-refractivity contribution < 1.29 is 23.9 Å². The summed E-state index contributed by atoms with van der Waals surface area (Å²) in [7, 11) is 1.31. The number of benzene rings is 2. The lowest BCUT2D eigenvalue weighted by Gasteiger charge is -2.29. The van der Waals surface area contributed by atoms with Gasteiger partial charge in [-0.2, -0.15) is 0 Å². The Balaban J connectivity index is 1.65. The fraction of sp³-hybridized carbons (Fsp3) is 0.286. The molecule has 1 N–H and O–H groups in total. The molecule has 1 heterocycles. The van der Waals surface area contributed by atoms with Gasteiger partial charge in [-0.3, -0.25) is 14.4 Å². The predicted octanol–water partition coefficient (Wildman–Crippen LogP) is 2.22. The third-order valence-corrected chi connectivity index (χ3v) is 4.51. The molecule has 2 amide bonds. The van der Waals surface area contributed by atoms with E-state index in [0.717, 1.165) is 5.56 Å². The van der Waals surface area contributed by atoms with Gasteiger partial charge >= 0.3 is 5.97 Å². The minimum absolute atomic E-state index is 0.0333. The fourth-order valence-electron chi connectivity index (χ4n) is 3.07. The van der Waals surface area contributed by atoms with Crippen LogP contribution in [0.4, 0.5) is 5.69 Å². The lowest BCUT2D eigenvalue weighted by Crippen LogP contribution is -2.41. The van der Waals surface area contributed by atoms with Crippen molar-refractivity contribution in [3.8, 4) is 5.75 Å². The summed E-state index contributed by atoms with van der Waals surface area (Å²) in [5.41, 5.74) is 1.47. The number of nitrogens with zero attached hydrogens (tertiary/aromatic N) is 1. The maximum Gasteiger partial charge on any atom is 0.307 e. The van der Waals surface area contributed by atoms with E-state index in [1.807, 2.05) is 42.5 Å². The number of rotatable bonds is 7. The van der Waals surface area contributed by atoms with Crippen molar-refractivity contribution in [1.29, 1.82) is 0 Å². The maximum atomic E-state index is 12.5. The number of anilines is 1. The molecular formula is C21H22N2O5. The van der Waals surface area contributed by atoms with E-state index in [1.165, 1.54) is 7.11 Å². The Bertz CT molecular complexity index is 853. The Labute approximate surface area is 163 Å². The smallest absolute Gasteiger partial charge is 0.307 e. The zero-order valence-corrected chi connectivity index (χ0v) is 15.6.